The van der Waals surface area contributed by atoms with Crippen LogP contribution in [-0.2, 0) is 22.6 Å². The molecule has 0 bridgehead atoms. The van der Waals surface area contributed by atoms with Gasteiger partial charge in [-0.1, -0.05) is 41.4 Å². The van der Waals surface area contributed by atoms with E-state index in [4.69, 9.17) is 21.4 Å². The number of ether oxygens (including phenoxy) is 1. The average molecular weight is 376 g/mol. The Balaban J connectivity index is 1.91. The Kier molecular flexibility index (Phi) is 7.48. The number of halogens is 1. The topological polar surface area (TPSA) is 75.6 Å². The number of benzene rings is 2. The molecule has 0 aliphatic heterocycles. The molecule has 2 aromatic carbocycles. The summed E-state index contributed by atoms with van der Waals surface area (Å²) in [6, 6.07) is 13.5. The van der Waals surface area contributed by atoms with Crippen molar-refractivity contribution < 1.29 is 19.4 Å². The minimum Gasteiger partial charge on any atom is -0.489 e. The van der Waals surface area contributed by atoms with E-state index in [1.807, 2.05) is 43.3 Å². The average Bonchev–Trinajstić information content (AvgIpc) is 2.60. The van der Waals surface area contributed by atoms with Gasteiger partial charge in [0.2, 0.25) is 5.91 Å². The maximum absolute atomic E-state index is 11.6. The number of amides is 1. The first kappa shape index (κ1) is 19.8. The van der Waals surface area contributed by atoms with E-state index in [2.05, 4.69) is 5.32 Å². The Hall–Kier alpha value is -2.53. The van der Waals surface area contributed by atoms with Crippen LogP contribution in [0.5, 0.6) is 5.75 Å². The minimum atomic E-state index is -0.984. The molecule has 0 unspecified atom stereocenters. The Morgan fingerprint density at radius 2 is 1.85 bits per heavy atom. The van der Waals surface area contributed by atoms with Gasteiger partial charge in [-0.15, -0.1) is 0 Å². The van der Waals surface area contributed by atoms with E-state index in [9.17, 15) is 9.59 Å². The van der Waals surface area contributed by atoms with Gasteiger partial charge in [-0.2, -0.15) is 0 Å². The second-order valence-corrected chi connectivity index (χ2v) is 6.46. The zero-order chi connectivity index (χ0) is 18.9. The van der Waals surface area contributed by atoms with Crippen LogP contribution in [0.25, 0.3) is 0 Å². The summed E-state index contributed by atoms with van der Waals surface area (Å²) in [6.45, 7) is 2.87. The van der Waals surface area contributed by atoms with Crippen LogP contribution in [0, 0.1) is 6.92 Å². The second kappa shape index (κ2) is 9.82. The molecule has 0 saturated heterocycles. The third kappa shape index (κ3) is 6.76. The number of hydrogen-bond donors (Lipinski definition) is 2. The zero-order valence-electron chi connectivity index (χ0n) is 14.6. The van der Waals surface area contributed by atoms with Gasteiger partial charge >= 0.3 is 5.97 Å². The number of carbonyl (C=O) groups excluding carboxylic acids is 1. The summed E-state index contributed by atoms with van der Waals surface area (Å²) < 4.78 is 5.91. The number of rotatable bonds is 9. The summed E-state index contributed by atoms with van der Waals surface area (Å²) in [4.78, 5) is 22.1. The summed E-state index contributed by atoms with van der Waals surface area (Å²) in [5, 5.41) is 11.9. The molecule has 26 heavy (non-hydrogen) atoms. The number of aliphatic carboxylic acids is 1. The highest BCUT2D eigenvalue weighted by Crippen LogP contribution is 2.24. The molecule has 5 nitrogen and oxygen atoms in total. The molecule has 2 rings (SSSR count). The number of carbonyl (C=O) groups is 2. The molecule has 0 spiro atoms. The highest BCUT2D eigenvalue weighted by atomic mass is 35.5. The van der Waals surface area contributed by atoms with E-state index < -0.39 is 5.97 Å². The predicted octanol–water partition coefficient (Wildman–Crippen LogP) is 3.75. The first-order valence-electron chi connectivity index (χ1n) is 8.39. The molecule has 0 aliphatic carbocycles. The highest BCUT2D eigenvalue weighted by molar-refractivity contribution is 6.30. The quantitative estimate of drug-likeness (QED) is 0.699. The van der Waals surface area contributed by atoms with Gasteiger partial charge in [-0.3, -0.25) is 9.59 Å². The van der Waals surface area contributed by atoms with Crippen molar-refractivity contribution >= 4 is 23.5 Å². The van der Waals surface area contributed by atoms with E-state index >= 15 is 0 Å². The summed E-state index contributed by atoms with van der Waals surface area (Å²) in [6.07, 6.45) is 0.345. The molecule has 6 heteroatoms. The maximum atomic E-state index is 11.6. The van der Waals surface area contributed by atoms with Crippen LogP contribution in [0.15, 0.2) is 42.5 Å². The smallest absolute Gasteiger partial charge is 0.303 e. The predicted molar refractivity (Wildman–Crippen MR) is 101 cm³/mol. The SMILES string of the molecule is Cc1ccc(COc2ccc(Cl)cc2CCNC(=O)CCC(=O)O)cc1. The van der Waals surface area contributed by atoms with Gasteiger partial charge < -0.3 is 15.2 Å². The molecule has 0 heterocycles. The Labute approximate surface area is 157 Å². The molecule has 1 amide bonds. The van der Waals surface area contributed by atoms with Crippen molar-refractivity contribution in [1.29, 1.82) is 0 Å². The number of nitrogens with one attached hydrogen (secondary N) is 1. The van der Waals surface area contributed by atoms with Gasteiger partial charge in [0, 0.05) is 18.0 Å². The van der Waals surface area contributed by atoms with Crippen molar-refractivity contribution in [2.75, 3.05) is 6.54 Å². The lowest BCUT2D eigenvalue weighted by atomic mass is 10.1. The fourth-order valence-electron chi connectivity index (χ4n) is 2.38. The van der Waals surface area contributed by atoms with E-state index in [0.29, 0.717) is 24.6 Å². The molecule has 138 valence electrons. The number of carboxylic acid groups (broad SMARTS) is 1. The van der Waals surface area contributed by atoms with Crippen LogP contribution in [0.2, 0.25) is 5.02 Å². The van der Waals surface area contributed by atoms with Gasteiger partial charge in [0.05, 0.1) is 6.42 Å². The second-order valence-electron chi connectivity index (χ2n) is 6.02. The highest BCUT2D eigenvalue weighted by Gasteiger charge is 2.08. The fourth-order valence-corrected chi connectivity index (χ4v) is 2.57. The van der Waals surface area contributed by atoms with Gasteiger partial charge in [-0.25, -0.2) is 0 Å². The first-order chi connectivity index (χ1) is 12.4. The minimum absolute atomic E-state index is 0.0261. The molecule has 2 N–H and O–H groups in total. The van der Waals surface area contributed by atoms with Crippen LogP contribution in [0.1, 0.15) is 29.5 Å². The lowest BCUT2D eigenvalue weighted by Crippen LogP contribution is -2.26. The third-order valence-electron chi connectivity index (χ3n) is 3.82. The molecule has 0 fully saturated rings. The summed E-state index contributed by atoms with van der Waals surface area (Å²) in [7, 11) is 0. The third-order valence-corrected chi connectivity index (χ3v) is 4.06. The van der Waals surface area contributed by atoms with Gasteiger partial charge in [0.1, 0.15) is 12.4 Å². The molecule has 2 aromatic rings. The molecular weight excluding hydrogens is 354 g/mol. The Morgan fingerprint density at radius 1 is 1.12 bits per heavy atom. The lowest BCUT2D eigenvalue weighted by molar-refractivity contribution is -0.138. The van der Waals surface area contributed by atoms with Crippen molar-refractivity contribution in [3.05, 3.63) is 64.2 Å². The van der Waals surface area contributed by atoms with Crippen LogP contribution in [0.3, 0.4) is 0 Å². The number of hydrogen-bond acceptors (Lipinski definition) is 3. The Morgan fingerprint density at radius 3 is 2.54 bits per heavy atom. The lowest BCUT2D eigenvalue weighted by Gasteiger charge is -2.13. The monoisotopic (exact) mass is 375 g/mol. The molecule has 0 saturated carbocycles. The van der Waals surface area contributed by atoms with Crippen molar-refractivity contribution in [2.24, 2.45) is 0 Å². The molecular formula is C20H22ClNO4. The molecule has 0 radical (unpaired) electrons. The normalized spacial score (nSPS) is 10.4. The largest absolute Gasteiger partial charge is 0.489 e. The van der Waals surface area contributed by atoms with Crippen LogP contribution in [-0.4, -0.2) is 23.5 Å². The van der Waals surface area contributed by atoms with Crippen molar-refractivity contribution in [3.8, 4) is 5.75 Å². The van der Waals surface area contributed by atoms with Crippen molar-refractivity contribution in [1.82, 2.24) is 5.32 Å². The number of aryl methyl sites for hydroxylation is 1. The summed E-state index contributed by atoms with van der Waals surface area (Å²) in [5.41, 5.74) is 3.15. The van der Waals surface area contributed by atoms with E-state index in [-0.39, 0.29) is 18.7 Å². The van der Waals surface area contributed by atoms with Crippen molar-refractivity contribution in [2.45, 2.75) is 32.8 Å². The van der Waals surface area contributed by atoms with E-state index in [0.717, 1.165) is 16.9 Å². The van der Waals surface area contributed by atoms with Crippen LogP contribution < -0.4 is 10.1 Å². The maximum Gasteiger partial charge on any atom is 0.303 e. The van der Waals surface area contributed by atoms with Crippen molar-refractivity contribution in [3.63, 3.8) is 0 Å². The van der Waals surface area contributed by atoms with E-state index in [1.165, 1.54) is 5.56 Å². The van der Waals surface area contributed by atoms with Crippen LogP contribution >= 0.6 is 11.6 Å². The van der Waals surface area contributed by atoms with Gasteiger partial charge in [0.15, 0.2) is 0 Å². The molecule has 0 atom stereocenters. The fraction of sp³-hybridized carbons (Fsp3) is 0.300. The molecule has 0 aliphatic rings. The summed E-state index contributed by atoms with van der Waals surface area (Å²) >= 11 is 6.07. The van der Waals surface area contributed by atoms with Gasteiger partial charge in [-0.05, 0) is 42.7 Å². The van der Waals surface area contributed by atoms with Gasteiger partial charge in [0.25, 0.3) is 0 Å². The first-order valence-corrected chi connectivity index (χ1v) is 8.77. The van der Waals surface area contributed by atoms with E-state index in [1.54, 1.807) is 6.07 Å². The Bertz CT molecular complexity index is 759. The zero-order valence-corrected chi connectivity index (χ0v) is 15.4. The van der Waals surface area contributed by atoms with Crippen LogP contribution in [0.4, 0.5) is 0 Å². The standard InChI is InChI=1S/C20H22ClNO4/c1-14-2-4-15(5-3-14)13-26-18-7-6-17(21)12-16(18)10-11-22-19(23)8-9-20(24)25/h2-7,12H,8-11,13H2,1H3,(H,22,23)(H,24,25). The summed E-state index contributed by atoms with van der Waals surface area (Å²) in [5.74, 6) is -0.548. The number of carboxylic acids is 1. The molecule has 0 aromatic heterocycles.